The fourth-order valence-electron chi connectivity index (χ4n) is 7.33. The van der Waals surface area contributed by atoms with E-state index in [2.05, 4.69) is 0 Å². The number of aliphatic hydroxyl groups is 1. The Morgan fingerprint density at radius 1 is 0.768 bits per heavy atom. The molecule has 0 saturated carbocycles. The van der Waals surface area contributed by atoms with Gasteiger partial charge in [-0.25, -0.2) is 4.79 Å². The molecule has 17 nitrogen and oxygen atoms in total. The first-order chi connectivity index (χ1) is 26.6. The Balaban J connectivity index is 1.58. The fraction of sp³-hybridized carbons (Fsp3) is 0.641. The number of ether oxygens (including phenoxy) is 10. The third-order valence-electron chi connectivity index (χ3n) is 9.62. The van der Waals surface area contributed by atoms with E-state index >= 15 is 0 Å². The zero-order valence-corrected chi connectivity index (χ0v) is 32.7. The summed E-state index contributed by atoms with van der Waals surface area (Å²) in [5, 5.41) is 10.9. The Kier molecular flexibility index (Phi) is 16.2. The van der Waals surface area contributed by atoms with E-state index in [-0.39, 0.29) is 18.1 Å². The van der Waals surface area contributed by atoms with Crippen LogP contribution in [0.25, 0.3) is 0 Å². The molecule has 1 aromatic rings. The van der Waals surface area contributed by atoms with Crippen molar-refractivity contribution in [3.05, 3.63) is 41.7 Å². The second-order valence-corrected chi connectivity index (χ2v) is 14.0. The Labute approximate surface area is 325 Å². The van der Waals surface area contributed by atoms with Crippen LogP contribution in [0.5, 0.6) is 5.75 Å². The van der Waals surface area contributed by atoms with Gasteiger partial charge >= 0.3 is 35.8 Å². The molecule has 1 N–H and O–H groups in total. The quantitative estimate of drug-likeness (QED) is 0.153. The highest BCUT2D eigenvalue weighted by atomic mass is 16.8. The molecule has 0 aromatic heterocycles. The Morgan fingerprint density at radius 3 is 1.98 bits per heavy atom. The van der Waals surface area contributed by atoms with Crippen LogP contribution >= 0.6 is 0 Å². The molecule has 0 radical (unpaired) electrons. The Bertz CT molecular complexity index is 1570. The van der Waals surface area contributed by atoms with Crippen LogP contribution in [0.1, 0.15) is 79.2 Å². The van der Waals surface area contributed by atoms with Crippen molar-refractivity contribution < 1.29 is 81.2 Å². The van der Waals surface area contributed by atoms with Gasteiger partial charge in [-0.15, -0.1) is 0 Å². The van der Waals surface area contributed by atoms with Gasteiger partial charge in [0.25, 0.3) is 0 Å². The van der Waals surface area contributed by atoms with E-state index < -0.39 is 103 Å². The van der Waals surface area contributed by atoms with Crippen molar-refractivity contribution >= 4 is 35.8 Å². The molecular weight excluding hydrogens is 740 g/mol. The third kappa shape index (κ3) is 12.5. The van der Waals surface area contributed by atoms with Crippen LogP contribution in [0.4, 0.5) is 0 Å². The molecule has 0 bridgehead atoms. The molecular formula is C39H52O17. The number of carbonyl (C=O) groups excluding carboxylic acids is 6. The highest BCUT2D eigenvalue weighted by Gasteiger charge is 2.54. The van der Waals surface area contributed by atoms with E-state index in [1.165, 1.54) is 27.2 Å². The molecule has 3 aliphatic heterocycles. The van der Waals surface area contributed by atoms with Crippen molar-refractivity contribution in [2.45, 2.75) is 135 Å². The molecule has 4 rings (SSSR count). The lowest BCUT2D eigenvalue weighted by Gasteiger charge is -2.46. The van der Waals surface area contributed by atoms with E-state index in [1.807, 2.05) is 19.1 Å². The van der Waals surface area contributed by atoms with Crippen molar-refractivity contribution in [1.29, 1.82) is 0 Å². The zero-order chi connectivity index (χ0) is 41.1. The number of carbonyl (C=O) groups is 6. The standard InChI is InChI=1S/C39H52O17/c1-8-30-31(17-29-16-26(45)15-28(54-29)14-11-25-9-12-27(13-10-25)50-21(3)41)32(37(46)47-7)18-49-38(30)56-39-36(53-24(6)44)35(52-23(5)43)34(51-22(4)42)33(55-39)19-48-20(2)40/h9-10,12-13,18,26,28-31,33-36,38-39,45H,8,11,14-17,19H2,1-7H3/t26-,28+,29+,30+,31-,33+,34+,35-,36+,38-,39-/m0/s1. The predicted octanol–water partition coefficient (Wildman–Crippen LogP) is 3.00. The van der Waals surface area contributed by atoms with Gasteiger partial charge in [0.1, 0.15) is 18.5 Å². The summed E-state index contributed by atoms with van der Waals surface area (Å²) in [7, 11) is 1.25. The molecule has 56 heavy (non-hydrogen) atoms. The molecule has 0 amide bonds. The molecule has 0 unspecified atom stereocenters. The summed E-state index contributed by atoms with van der Waals surface area (Å²) in [4.78, 5) is 73.0. The van der Waals surface area contributed by atoms with Crippen LogP contribution in [-0.4, -0.2) is 110 Å². The summed E-state index contributed by atoms with van der Waals surface area (Å²) >= 11 is 0. The van der Waals surface area contributed by atoms with Gasteiger partial charge < -0.3 is 52.5 Å². The van der Waals surface area contributed by atoms with E-state index in [4.69, 9.17) is 47.4 Å². The summed E-state index contributed by atoms with van der Waals surface area (Å²) in [6.07, 6.45) is -5.85. The smallest absolute Gasteiger partial charge is 0.337 e. The maximum absolute atomic E-state index is 13.1. The molecule has 1 aromatic carbocycles. The van der Waals surface area contributed by atoms with Gasteiger partial charge in [0, 0.05) is 46.5 Å². The summed E-state index contributed by atoms with van der Waals surface area (Å²) in [5.74, 6) is -4.80. The third-order valence-corrected chi connectivity index (χ3v) is 9.62. The van der Waals surface area contributed by atoms with Gasteiger partial charge in [-0.1, -0.05) is 19.1 Å². The van der Waals surface area contributed by atoms with E-state index in [9.17, 15) is 33.9 Å². The lowest BCUT2D eigenvalue weighted by molar-refractivity contribution is -0.344. The van der Waals surface area contributed by atoms with Crippen LogP contribution in [0, 0.1) is 11.8 Å². The molecule has 0 spiro atoms. The average molecular weight is 793 g/mol. The minimum atomic E-state index is -1.52. The van der Waals surface area contributed by atoms with Crippen molar-refractivity contribution in [2.24, 2.45) is 11.8 Å². The first-order valence-electron chi connectivity index (χ1n) is 18.6. The summed E-state index contributed by atoms with van der Waals surface area (Å²) < 4.78 is 57.0. The van der Waals surface area contributed by atoms with Crippen molar-refractivity contribution in [1.82, 2.24) is 0 Å². The van der Waals surface area contributed by atoms with Crippen LogP contribution in [0.3, 0.4) is 0 Å². The number of hydrogen-bond acceptors (Lipinski definition) is 17. The van der Waals surface area contributed by atoms with E-state index in [0.717, 1.165) is 26.3 Å². The molecule has 0 aliphatic carbocycles. The monoisotopic (exact) mass is 792 g/mol. The van der Waals surface area contributed by atoms with Crippen molar-refractivity contribution in [3.63, 3.8) is 0 Å². The van der Waals surface area contributed by atoms with Gasteiger partial charge in [0.2, 0.25) is 12.6 Å². The zero-order valence-electron chi connectivity index (χ0n) is 32.7. The molecule has 310 valence electrons. The number of aryl methyl sites for hydroxylation is 1. The molecule has 11 atom stereocenters. The lowest BCUT2D eigenvalue weighted by atomic mass is 9.77. The topological polar surface area (TPSA) is 215 Å². The minimum absolute atomic E-state index is 0.217. The maximum Gasteiger partial charge on any atom is 0.337 e. The highest BCUT2D eigenvalue weighted by Crippen LogP contribution is 2.41. The van der Waals surface area contributed by atoms with Crippen LogP contribution in [0.2, 0.25) is 0 Å². The molecule has 3 aliphatic rings. The van der Waals surface area contributed by atoms with E-state index in [1.54, 1.807) is 12.1 Å². The largest absolute Gasteiger partial charge is 0.472 e. The molecule has 3 heterocycles. The Hall–Kier alpha value is -4.58. The predicted molar refractivity (Wildman–Crippen MR) is 190 cm³/mol. The molecule has 2 saturated heterocycles. The minimum Gasteiger partial charge on any atom is -0.472 e. The normalized spacial score (nSPS) is 30.1. The van der Waals surface area contributed by atoms with Crippen molar-refractivity contribution in [3.8, 4) is 5.75 Å². The number of esters is 6. The number of rotatable bonds is 15. The van der Waals surface area contributed by atoms with Gasteiger partial charge in [-0.2, -0.15) is 0 Å². The fourth-order valence-corrected chi connectivity index (χ4v) is 7.33. The first-order valence-corrected chi connectivity index (χ1v) is 18.6. The summed E-state index contributed by atoms with van der Waals surface area (Å²) in [5.41, 5.74) is 1.21. The molecule has 2 fully saturated rings. The van der Waals surface area contributed by atoms with Gasteiger partial charge in [-0.05, 0) is 56.2 Å². The number of methoxy groups -OCH3 is 1. The SMILES string of the molecule is CC[C@H]1[C@H](O[C@@H]2O[C@H](COC(C)=O)[C@@H](OC(C)=O)[C@H](OC(C)=O)[C@H]2OC(C)=O)OC=C(C(=O)OC)[C@H]1C[C@H]1C[C@@H](O)C[C@@H](CCc2ccc(OC(C)=O)cc2)O1. The highest BCUT2D eigenvalue weighted by molar-refractivity contribution is 5.88. The number of hydrogen-bond donors (Lipinski definition) is 1. The molecule has 17 heteroatoms. The van der Waals surface area contributed by atoms with Crippen molar-refractivity contribution in [2.75, 3.05) is 13.7 Å². The van der Waals surface area contributed by atoms with Gasteiger partial charge in [-0.3, -0.25) is 24.0 Å². The van der Waals surface area contributed by atoms with Gasteiger partial charge in [0.15, 0.2) is 18.3 Å². The number of aliphatic hydroxyl groups excluding tert-OH is 1. The Morgan fingerprint density at radius 2 is 1.39 bits per heavy atom. The maximum atomic E-state index is 13.1. The van der Waals surface area contributed by atoms with E-state index in [0.29, 0.717) is 37.9 Å². The number of benzene rings is 1. The average Bonchev–Trinajstić information content (AvgIpc) is 3.11. The first kappa shape index (κ1) is 44.1. The van der Waals surface area contributed by atoms with Crippen LogP contribution in [-0.2, 0) is 77.8 Å². The van der Waals surface area contributed by atoms with Crippen LogP contribution < -0.4 is 4.74 Å². The lowest BCUT2D eigenvalue weighted by Crippen LogP contribution is -2.63. The summed E-state index contributed by atoms with van der Waals surface area (Å²) in [6, 6.07) is 7.16. The van der Waals surface area contributed by atoms with Gasteiger partial charge in [0.05, 0.1) is 37.3 Å². The summed E-state index contributed by atoms with van der Waals surface area (Å²) in [6.45, 7) is 7.26. The second-order valence-electron chi connectivity index (χ2n) is 14.0. The second kappa shape index (κ2) is 20.5. The van der Waals surface area contributed by atoms with Crippen LogP contribution in [0.15, 0.2) is 36.1 Å².